The summed E-state index contributed by atoms with van der Waals surface area (Å²) in [6.45, 7) is 0. The van der Waals surface area contributed by atoms with Gasteiger partial charge in [0.1, 0.15) is 0 Å². The maximum atomic E-state index is 10.7. The summed E-state index contributed by atoms with van der Waals surface area (Å²) in [4.78, 5) is 0. The van der Waals surface area contributed by atoms with Crippen molar-refractivity contribution in [2.45, 2.75) is 0 Å². The molecule has 0 spiro atoms. The Morgan fingerprint density at radius 3 is 2.33 bits per heavy atom. The molecule has 0 aliphatic rings. The molecule has 66 valence electrons. The molecule has 0 amide bonds. The van der Waals surface area contributed by atoms with Crippen molar-refractivity contribution in [3.05, 3.63) is 18.2 Å². The van der Waals surface area contributed by atoms with Crippen LogP contribution >= 0.6 is 0 Å². The van der Waals surface area contributed by atoms with Crippen molar-refractivity contribution in [2.24, 2.45) is 0 Å². The van der Waals surface area contributed by atoms with E-state index in [9.17, 15) is 3.74 Å². The van der Waals surface area contributed by atoms with E-state index < -0.39 is 19.9 Å². The van der Waals surface area contributed by atoms with Crippen LogP contribution in [0.5, 0.6) is 5.75 Å². The molecule has 1 aromatic rings. The molecule has 0 aromatic heterocycles. The number of rotatable bonds is 1. The standard InChI is InChI=1S/C6H8AsNO4/c8-4-1-2-5(6(9)3-4)7(10,11)12/h1-3,9H,8H2,(H2,10,11,12). The Morgan fingerprint density at radius 2 is 1.92 bits per heavy atom. The predicted molar refractivity (Wildman–Crippen MR) is 43.0 cm³/mol. The van der Waals surface area contributed by atoms with E-state index in [4.69, 9.17) is 19.0 Å². The van der Waals surface area contributed by atoms with Crippen LogP contribution in [-0.4, -0.2) is 27.5 Å². The predicted octanol–water partition coefficient (Wildman–Crippen LogP) is -1.46. The van der Waals surface area contributed by atoms with Gasteiger partial charge >= 0.3 is 70.9 Å². The first-order valence-corrected chi connectivity index (χ1v) is 6.44. The van der Waals surface area contributed by atoms with Gasteiger partial charge in [0.2, 0.25) is 0 Å². The summed E-state index contributed by atoms with van der Waals surface area (Å²) in [5, 5.41) is 9.07. The molecular weight excluding hydrogens is 225 g/mol. The Morgan fingerprint density at radius 1 is 1.33 bits per heavy atom. The molecule has 5 nitrogen and oxygen atoms in total. The second kappa shape index (κ2) is 2.86. The van der Waals surface area contributed by atoms with Crippen LogP contribution in [0.25, 0.3) is 0 Å². The minimum atomic E-state index is -4.98. The molecule has 6 heteroatoms. The zero-order chi connectivity index (χ0) is 9.35. The van der Waals surface area contributed by atoms with Crippen molar-refractivity contribution in [1.82, 2.24) is 0 Å². The third kappa shape index (κ3) is 1.82. The molecule has 0 aliphatic heterocycles. The molecule has 0 heterocycles. The van der Waals surface area contributed by atoms with Gasteiger partial charge in [0.15, 0.2) is 0 Å². The van der Waals surface area contributed by atoms with Gasteiger partial charge in [-0.3, -0.25) is 0 Å². The molecule has 0 unspecified atom stereocenters. The van der Waals surface area contributed by atoms with E-state index in [1.54, 1.807) is 0 Å². The van der Waals surface area contributed by atoms with Gasteiger partial charge in [0.05, 0.1) is 0 Å². The summed E-state index contributed by atoms with van der Waals surface area (Å²) in [6.07, 6.45) is 0. The fourth-order valence-electron chi connectivity index (χ4n) is 0.787. The molecule has 0 radical (unpaired) electrons. The number of aromatic hydroxyl groups is 1. The van der Waals surface area contributed by atoms with Crippen LogP contribution in [0.3, 0.4) is 0 Å². The molecule has 0 bridgehead atoms. The first-order chi connectivity index (χ1) is 5.41. The molecule has 0 saturated heterocycles. The van der Waals surface area contributed by atoms with E-state index in [1.807, 2.05) is 0 Å². The van der Waals surface area contributed by atoms with Gasteiger partial charge in [0, 0.05) is 0 Å². The van der Waals surface area contributed by atoms with Crippen molar-refractivity contribution >= 4 is 24.2 Å². The summed E-state index contributed by atoms with van der Waals surface area (Å²) in [5.41, 5.74) is 5.53. The van der Waals surface area contributed by atoms with E-state index in [-0.39, 0.29) is 10.0 Å². The Kier molecular flexibility index (Phi) is 2.19. The molecule has 0 aliphatic carbocycles. The van der Waals surface area contributed by atoms with Crippen LogP contribution in [0.1, 0.15) is 0 Å². The van der Waals surface area contributed by atoms with E-state index in [0.29, 0.717) is 0 Å². The van der Waals surface area contributed by atoms with Crippen molar-refractivity contribution in [2.75, 3.05) is 5.73 Å². The Bertz CT molecular complexity index is 345. The van der Waals surface area contributed by atoms with Crippen LogP contribution in [0.2, 0.25) is 0 Å². The van der Waals surface area contributed by atoms with Crippen molar-refractivity contribution < 1.29 is 17.0 Å². The first kappa shape index (κ1) is 9.19. The number of hydrogen-bond donors (Lipinski definition) is 4. The van der Waals surface area contributed by atoms with E-state index >= 15 is 0 Å². The van der Waals surface area contributed by atoms with Crippen molar-refractivity contribution in [3.8, 4) is 5.75 Å². The Labute approximate surface area is 71.5 Å². The molecule has 5 N–H and O–H groups in total. The van der Waals surface area contributed by atoms with Gasteiger partial charge in [0.25, 0.3) is 0 Å². The van der Waals surface area contributed by atoms with Gasteiger partial charge in [-0.1, -0.05) is 0 Å². The summed E-state index contributed by atoms with van der Waals surface area (Å²) >= 11 is -4.98. The zero-order valence-electron chi connectivity index (χ0n) is 6.01. The number of phenolic OH excluding ortho intramolecular Hbond substituents is 1. The summed E-state index contributed by atoms with van der Waals surface area (Å²) in [7, 11) is 0. The quantitative estimate of drug-likeness (QED) is 0.350. The topological polar surface area (TPSA) is 104 Å². The molecule has 0 saturated carbocycles. The summed E-state index contributed by atoms with van der Waals surface area (Å²) < 4.78 is 27.8. The molecule has 12 heavy (non-hydrogen) atoms. The number of nitrogen functional groups attached to an aromatic ring is 1. The molecule has 1 rings (SSSR count). The Hall–Kier alpha value is -0.902. The van der Waals surface area contributed by atoms with Crippen LogP contribution in [0.15, 0.2) is 18.2 Å². The third-order valence-corrected chi connectivity index (χ3v) is 3.42. The molecule has 0 atom stereocenters. The van der Waals surface area contributed by atoms with Gasteiger partial charge in [-0.2, -0.15) is 0 Å². The van der Waals surface area contributed by atoms with E-state index in [0.717, 1.165) is 12.1 Å². The van der Waals surface area contributed by atoms with E-state index in [1.165, 1.54) is 6.07 Å². The third-order valence-electron chi connectivity index (χ3n) is 1.31. The molecule has 1 aromatic carbocycles. The average Bonchev–Trinajstić information content (AvgIpc) is 1.83. The SMILES string of the molecule is Nc1ccc([As](=O)(O)O)c(O)c1. The number of nitrogens with two attached hydrogens (primary N) is 1. The van der Waals surface area contributed by atoms with Crippen LogP contribution in [-0.2, 0) is 3.74 Å². The maximum absolute atomic E-state index is 10.7. The molecular formula is C6H8AsNO4. The second-order valence-electron chi connectivity index (χ2n) is 2.29. The van der Waals surface area contributed by atoms with Crippen molar-refractivity contribution in [1.29, 1.82) is 0 Å². The fraction of sp³-hybridized carbons (Fsp3) is 0. The van der Waals surface area contributed by atoms with Crippen molar-refractivity contribution in [3.63, 3.8) is 0 Å². The van der Waals surface area contributed by atoms with Crippen LogP contribution in [0.4, 0.5) is 5.69 Å². The second-order valence-corrected chi connectivity index (χ2v) is 5.59. The summed E-state index contributed by atoms with van der Waals surface area (Å²) in [5.74, 6) is -0.456. The monoisotopic (exact) mass is 233 g/mol. The number of anilines is 1. The summed E-state index contributed by atoms with van der Waals surface area (Å²) in [6, 6.07) is 3.57. The number of phenols is 1. The number of hydrogen-bond acceptors (Lipinski definition) is 3. The number of benzene rings is 1. The van der Waals surface area contributed by atoms with Gasteiger partial charge in [-0.05, 0) is 0 Å². The first-order valence-electron chi connectivity index (χ1n) is 3.06. The van der Waals surface area contributed by atoms with Gasteiger partial charge in [-0.15, -0.1) is 0 Å². The molecule has 0 fully saturated rings. The fourth-order valence-corrected chi connectivity index (χ4v) is 2.11. The Balaban J connectivity index is 3.28. The average molecular weight is 233 g/mol. The normalized spacial score (nSPS) is 11.5. The minimum absolute atomic E-state index is 0.264. The van der Waals surface area contributed by atoms with E-state index in [2.05, 4.69) is 0 Å². The van der Waals surface area contributed by atoms with Gasteiger partial charge in [-0.25, -0.2) is 0 Å². The van der Waals surface area contributed by atoms with Crippen LogP contribution < -0.4 is 10.1 Å². The van der Waals surface area contributed by atoms with Gasteiger partial charge < -0.3 is 0 Å². The zero-order valence-corrected chi connectivity index (χ0v) is 7.88. The van der Waals surface area contributed by atoms with Crippen LogP contribution in [0, 0.1) is 0 Å².